The molecule has 1 aliphatic heterocycles. The highest BCUT2D eigenvalue weighted by Crippen LogP contribution is 2.58. The Morgan fingerprint density at radius 3 is 1.67 bits per heavy atom. The van der Waals surface area contributed by atoms with Crippen LogP contribution in [0.1, 0.15) is 95.0 Å². The molecule has 0 bridgehead atoms. The highest BCUT2D eigenvalue weighted by Gasteiger charge is 2.65. The van der Waals surface area contributed by atoms with Crippen molar-refractivity contribution < 1.29 is 17.7 Å². The van der Waals surface area contributed by atoms with Crippen molar-refractivity contribution in [3.05, 3.63) is 125 Å². The molecule has 256 valence electrons. The first-order chi connectivity index (χ1) is 22.8. The minimum Gasteiger partial charge on any atom is -0.336 e. The third-order valence-corrected chi connectivity index (χ3v) is 10.7. The van der Waals surface area contributed by atoms with Gasteiger partial charge in [0, 0.05) is 12.1 Å². The number of rotatable bonds is 7. The average molecular weight is 665 g/mol. The van der Waals surface area contributed by atoms with Crippen LogP contribution in [-0.2, 0) is 17.0 Å². The molecule has 4 unspecified atom stereocenters. The predicted octanol–water partition coefficient (Wildman–Crippen LogP) is 11.7. The quantitative estimate of drug-likeness (QED) is 0.150. The summed E-state index contributed by atoms with van der Waals surface area (Å²) in [6.45, 7) is 19.7. The molecule has 0 amide bonds. The maximum atomic E-state index is 13.7. The van der Waals surface area contributed by atoms with Crippen molar-refractivity contribution in [2.24, 2.45) is 0 Å². The normalized spacial score (nSPS) is 21.2. The van der Waals surface area contributed by atoms with Gasteiger partial charge in [0.1, 0.15) is 6.04 Å². The van der Waals surface area contributed by atoms with Crippen LogP contribution in [0.15, 0.2) is 97.1 Å². The van der Waals surface area contributed by atoms with E-state index in [4.69, 9.17) is 0 Å². The summed E-state index contributed by atoms with van der Waals surface area (Å²) in [4.78, 5) is 0. The fraction of sp³-hybridized carbons (Fsp3) is 0.372. The summed E-state index contributed by atoms with van der Waals surface area (Å²) in [7, 11) is 2.05. The number of likely N-dealkylation sites (N-methyl/N-ethyl adjacent to an activating group) is 1. The molecule has 0 spiro atoms. The van der Waals surface area contributed by atoms with Crippen LogP contribution in [0.2, 0.25) is 0 Å². The van der Waals surface area contributed by atoms with Gasteiger partial charge < -0.3 is 5.32 Å². The summed E-state index contributed by atoms with van der Waals surface area (Å²) < 4.78 is 41.3. The SMILES string of the molecule is C=C1C2c3cc(C(F)(F)F)ccc3C(=N)[N+](C)(C(CCC)Nc3cc(-c4ccc(C(C)(C)C)cc4)cc(-c4ccc(C(C)(C)C)cc4)c3)C12. The van der Waals surface area contributed by atoms with Crippen LogP contribution in [0.4, 0.5) is 18.9 Å². The molecule has 0 radical (unpaired) electrons. The van der Waals surface area contributed by atoms with Crippen molar-refractivity contribution >= 4 is 11.5 Å². The first kappa shape index (κ1) is 34.7. The van der Waals surface area contributed by atoms with Crippen molar-refractivity contribution in [3.63, 3.8) is 0 Å². The van der Waals surface area contributed by atoms with E-state index in [-0.39, 0.29) is 33.4 Å². The lowest BCUT2D eigenvalue weighted by Crippen LogP contribution is -2.62. The van der Waals surface area contributed by atoms with E-state index in [1.807, 2.05) is 7.05 Å². The second-order valence-electron chi connectivity index (χ2n) is 16.2. The zero-order valence-electron chi connectivity index (χ0n) is 30.0. The number of hydrogen-bond donors (Lipinski definition) is 2. The lowest BCUT2D eigenvalue weighted by molar-refractivity contribution is -0.854. The van der Waals surface area contributed by atoms with Crippen LogP contribution in [0.5, 0.6) is 0 Å². The van der Waals surface area contributed by atoms with Crippen molar-refractivity contribution in [1.29, 1.82) is 5.41 Å². The van der Waals surface area contributed by atoms with E-state index in [1.54, 1.807) is 0 Å². The average Bonchev–Trinajstić information content (AvgIpc) is 3.73. The number of anilines is 1. The molecular formula is C43H49F3N3+. The van der Waals surface area contributed by atoms with Crippen molar-refractivity contribution in [1.82, 2.24) is 0 Å². The Hall–Kier alpha value is -4.16. The molecule has 2 N–H and O–H groups in total. The van der Waals surface area contributed by atoms with E-state index >= 15 is 0 Å². The zero-order chi connectivity index (χ0) is 35.7. The molecule has 49 heavy (non-hydrogen) atoms. The Balaban J connectivity index is 1.43. The lowest BCUT2D eigenvalue weighted by atomic mass is 9.85. The molecule has 0 aromatic heterocycles. The third kappa shape index (κ3) is 6.36. The number of alkyl halides is 3. The summed E-state index contributed by atoms with van der Waals surface area (Å²) in [5.74, 6) is 0.114. The van der Waals surface area contributed by atoms with Gasteiger partial charge in [-0.15, -0.1) is 0 Å². The highest BCUT2D eigenvalue weighted by molar-refractivity contribution is 5.96. The van der Waals surface area contributed by atoms with Gasteiger partial charge in [0.2, 0.25) is 5.84 Å². The van der Waals surface area contributed by atoms with Crippen LogP contribution < -0.4 is 5.32 Å². The standard InChI is InChI=1S/C43H49F3N3/c1-10-11-37(49(9)39-26(2)38(39)36-25-33(43(44,45)46)20-21-35(36)40(49)47)48-34-23-29(27-12-16-31(17-13-27)41(3,4)5)22-30(24-34)28-14-18-32(19-15-28)42(6,7)8/h12-25,37-39,47-48H,2,10-11H2,1,3-9H3/q+1. The van der Waals surface area contributed by atoms with E-state index in [1.165, 1.54) is 23.3 Å². The van der Waals surface area contributed by atoms with E-state index in [2.05, 4.69) is 127 Å². The molecule has 1 saturated carbocycles. The Morgan fingerprint density at radius 1 is 0.735 bits per heavy atom. The maximum Gasteiger partial charge on any atom is 0.416 e. The van der Waals surface area contributed by atoms with Gasteiger partial charge in [0.25, 0.3) is 0 Å². The van der Waals surface area contributed by atoms with Gasteiger partial charge >= 0.3 is 6.18 Å². The number of benzene rings is 4. The first-order valence-corrected chi connectivity index (χ1v) is 17.3. The molecule has 4 atom stereocenters. The fourth-order valence-electron chi connectivity index (χ4n) is 7.59. The van der Waals surface area contributed by atoms with E-state index < -0.39 is 11.7 Å². The predicted molar refractivity (Wildman–Crippen MR) is 197 cm³/mol. The highest BCUT2D eigenvalue weighted by atomic mass is 19.4. The topological polar surface area (TPSA) is 35.9 Å². The molecule has 1 aliphatic carbocycles. The number of hydrogen-bond acceptors (Lipinski definition) is 2. The zero-order valence-corrected chi connectivity index (χ0v) is 30.0. The van der Waals surface area contributed by atoms with Crippen LogP contribution >= 0.6 is 0 Å². The smallest absolute Gasteiger partial charge is 0.336 e. The number of fused-ring (bicyclic) bond motifs is 3. The summed E-state index contributed by atoms with van der Waals surface area (Å²) in [6.07, 6.45) is -2.99. The van der Waals surface area contributed by atoms with Gasteiger partial charge in [0.15, 0.2) is 6.17 Å². The minimum atomic E-state index is -4.44. The van der Waals surface area contributed by atoms with Crippen LogP contribution in [0.25, 0.3) is 22.3 Å². The molecule has 0 saturated heterocycles. The molecule has 2 aliphatic rings. The third-order valence-electron chi connectivity index (χ3n) is 10.7. The molecule has 6 heteroatoms. The van der Waals surface area contributed by atoms with E-state index in [9.17, 15) is 18.6 Å². The van der Waals surface area contributed by atoms with Gasteiger partial charge in [-0.3, -0.25) is 4.48 Å². The molecule has 3 nitrogen and oxygen atoms in total. The lowest BCUT2D eigenvalue weighted by Gasteiger charge is -2.44. The van der Waals surface area contributed by atoms with Crippen LogP contribution in [0, 0.1) is 5.41 Å². The molecule has 4 aromatic rings. The Kier molecular flexibility index (Phi) is 8.51. The number of nitrogens with one attached hydrogen (secondary N) is 2. The van der Waals surface area contributed by atoms with Crippen LogP contribution in [0.3, 0.4) is 0 Å². The van der Waals surface area contributed by atoms with Crippen LogP contribution in [-0.4, -0.2) is 29.6 Å². The van der Waals surface area contributed by atoms with E-state index in [0.29, 0.717) is 17.0 Å². The summed E-state index contributed by atoms with van der Waals surface area (Å²) >= 11 is 0. The Bertz CT molecular complexity index is 1830. The van der Waals surface area contributed by atoms with Crippen molar-refractivity contribution in [2.75, 3.05) is 12.4 Å². The molecule has 4 aromatic carbocycles. The molecule has 1 fully saturated rings. The summed E-state index contributed by atoms with van der Waals surface area (Å²) in [5, 5.41) is 13.3. The Morgan fingerprint density at radius 2 is 1.22 bits per heavy atom. The number of nitrogens with zero attached hydrogens (tertiary/aromatic N) is 1. The first-order valence-electron chi connectivity index (χ1n) is 17.3. The van der Waals surface area contributed by atoms with Gasteiger partial charge in [-0.2, -0.15) is 13.2 Å². The fourth-order valence-corrected chi connectivity index (χ4v) is 7.59. The Labute approximate surface area is 290 Å². The largest absolute Gasteiger partial charge is 0.416 e. The number of quaternary nitrogens is 1. The minimum absolute atomic E-state index is 0.0463. The molecule has 1 heterocycles. The second kappa shape index (κ2) is 12.0. The van der Waals surface area contributed by atoms with Gasteiger partial charge in [-0.1, -0.05) is 104 Å². The van der Waals surface area contributed by atoms with Crippen molar-refractivity contribution in [2.45, 2.75) is 96.4 Å². The number of halogens is 3. The van der Waals surface area contributed by atoms with Gasteiger partial charge in [-0.05, 0) is 98.2 Å². The molecular weight excluding hydrogens is 615 g/mol. The summed E-state index contributed by atoms with van der Waals surface area (Å²) in [6, 6.07) is 27.8. The van der Waals surface area contributed by atoms with E-state index in [0.717, 1.165) is 52.4 Å². The summed E-state index contributed by atoms with van der Waals surface area (Å²) in [5.41, 5.74) is 9.36. The van der Waals surface area contributed by atoms with Gasteiger partial charge in [0.05, 0.1) is 24.1 Å². The maximum absolute atomic E-state index is 13.7. The number of amidine groups is 1. The van der Waals surface area contributed by atoms with Gasteiger partial charge in [-0.25, -0.2) is 5.41 Å². The van der Waals surface area contributed by atoms with Crippen molar-refractivity contribution in [3.8, 4) is 22.3 Å². The monoisotopic (exact) mass is 664 g/mol. The molecule has 6 rings (SSSR count). The second-order valence-corrected chi connectivity index (χ2v) is 16.2.